The highest BCUT2D eigenvalue weighted by Crippen LogP contribution is 2.41. The topological polar surface area (TPSA) is 35.6 Å². The van der Waals surface area contributed by atoms with E-state index in [-0.39, 0.29) is 5.41 Å². The Morgan fingerprint density at radius 1 is 0.479 bits per heavy atom. The standard InChI is InChI=1S/C44H34N4/c1-44(2,3)31-23-25-46-42(27-31)48-39-18-11-15-33(29-12-5-4-6-13-29)43(39)36-22-20-32(28-41(36)48)47-38-17-8-7-14-34(38)35-21-19-30(26-40(35)47)37-16-9-10-24-45-37/h4-28H,1-3H3. The van der Waals surface area contributed by atoms with Crippen molar-refractivity contribution >= 4 is 43.6 Å². The van der Waals surface area contributed by atoms with Crippen molar-refractivity contribution < 1.29 is 0 Å². The molecule has 48 heavy (non-hydrogen) atoms. The second kappa shape index (κ2) is 10.8. The third kappa shape index (κ3) is 4.44. The lowest BCUT2D eigenvalue weighted by atomic mass is 9.88. The molecule has 4 nitrogen and oxygen atoms in total. The van der Waals surface area contributed by atoms with E-state index in [9.17, 15) is 0 Å². The SMILES string of the molecule is CC(C)(C)c1ccnc(-n2c3cc(-n4c5ccccc5c5ccc(-c6ccccn6)cc54)ccc3c3c(-c4ccccc4)cccc32)c1. The van der Waals surface area contributed by atoms with E-state index in [1.807, 2.05) is 24.5 Å². The van der Waals surface area contributed by atoms with Crippen LogP contribution in [-0.2, 0) is 5.41 Å². The summed E-state index contributed by atoms with van der Waals surface area (Å²) in [6.07, 6.45) is 3.80. The van der Waals surface area contributed by atoms with Crippen LogP contribution in [0.3, 0.4) is 0 Å². The van der Waals surface area contributed by atoms with Crippen molar-refractivity contribution in [3.63, 3.8) is 0 Å². The molecule has 0 radical (unpaired) electrons. The van der Waals surface area contributed by atoms with Gasteiger partial charge in [-0.15, -0.1) is 0 Å². The molecule has 0 saturated carbocycles. The number of hydrogen-bond acceptors (Lipinski definition) is 2. The maximum atomic E-state index is 4.98. The minimum Gasteiger partial charge on any atom is -0.309 e. The molecule has 0 saturated heterocycles. The van der Waals surface area contributed by atoms with Crippen LogP contribution in [0, 0.1) is 0 Å². The Kier molecular flexibility index (Phi) is 6.34. The normalized spacial score (nSPS) is 12.1. The van der Waals surface area contributed by atoms with Crippen molar-refractivity contribution in [2.45, 2.75) is 26.2 Å². The second-order valence-electron chi connectivity index (χ2n) is 13.6. The zero-order valence-electron chi connectivity index (χ0n) is 27.2. The summed E-state index contributed by atoms with van der Waals surface area (Å²) in [5, 5.41) is 4.88. The molecule has 9 rings (SSSR count). The van der Waals surface area contributed by atoms with Gasteiger partial charge in [0.1, 0.15) is 5.82 Å². The molecular weight excluding hydrogens is 585 g/mol. The van der Waals surface area contributed by atoms with E-state index in [0.29, 0.717) is 0 Å². The van der Waals surface area contributed by atoms with Gasteiger partial charge in [0.25, 0.3) is 0 Å². The van der Waals surface area contributed by atoms with Gasteiger partial charge in [-0.3, -0.25) is 9.55 Å². The Morgan fingerprint density at radius 2 is 1.23 bits per heavy atom. The van der Waals surface area contributed by atoms with Gasteiger partial charge in [0.2, 0.25) is 0 Å². The molecule has 230 valence electrons. The summed E-state index contributed by atoms with van der Waals surface area (Å²) in [5.41, 5.74) is 11.4. The van der Waals surface area contributed by atoms with Crippen molar-refractivity contribution in [1.82, 2.24) is 19.1 Å². The first-order chi connectivity index (χ1) is 23.5. The molecule has 5 aromatic carbocycles. The summed E-state index contributed by atoms with van der Waals surface area (Å²) < 4.78 is 4.75. The van der Waals surface area contributed by atoms with Gasteiger partial charge in [-0.2, -0.15) is 0 Å². The lowest BCUT2D eigenvalue weighted by Gasteiger charge is -2.20. The van der Waals surface area contributed by atoms with E-state index in [1.54, 1.807) is 0 Å². The Bertz CT molecular complexity index is 2640. The summed E-state index contributed by atoms with van der Waals surface area (Å²) in [7, 11) is 0. The molecule has 0 atom stereocenters. The van der Waals surface area contributed by atoms with Crippen LogP contribution < -0.4 is 0 Å². The molecule has 9 aromatic rings. The number of aromatic nitrogens is 4. The van der Waals surface area contributed by atoms with Crippen LogP contribution in [0.2, 0.25) is 0 Å². The molecular formula is C44H34N4. The van der Waals surface area contributed by atoms with E-state index in [4.69, 9.17) is 4.98 Å². The minimum absolute atomic E-state index is 0.00883. The van der Waals surface area contributed by atoms with Crippen molar-refractivity contribution in [2.24, 2.45) is 0 Å². The molecule has 0 amide bonds. The van der Waals surface area contributed by atoms with E-state index in [1.165, 1.54) is 43.8 Å². The number of para-hydroxylation sites is 1. The third-order valence-electron chi connectivity index (χ3n) is 9.59. The smallest absolute Gasteiger partial charge is 0.137 e. The molecule has 0 aliphatic heterocycles. The van der Waals surface area contributed by atoms with Crippen LogP contribution in [0.5, 0.6) is 0 Å². The monoisotopic (exact) mass is 618 g/mol. The maximum absolute atomic E-state index is 4.98. The minimum atomic E-state index is -0.00883. The fourth-order valence-corrected chi connectivity index (χ4v) is 7.25. The molecule has 0 N–H and O–H groups in total. The predicted octanol–water partition coefficient (Wildman–Crippen LogP) is 11.3. The molecule has 0 aliphatic rings. The van der Waals surface area contributed by atoms with E-state index < -0.39 is 0 Å². The van der Waals surface area contributed by atoms with Gasteiger partial charge in [-0.05, 0) is 76.7 Å². The zero-order valence-corrected chi connectivity index (χ0v) is 27.2. The predicted molar refractivity (Wildman–Crippen MR) is 200 cm³/mol. The van der Waals surface area contributed by atoms with Crippen LogP contribution in [0.25, 0.3) is 77.5 Å². The summed E-state index contributed by atoms with van der Waals surface area (Å²) in [6, 6.07) is 50.1. The average Bonchev–Trinajstić information content (AvgIpc) is 3.64. The lowest BCUT2D eigenvalue weighted by molar-refractivity contribution is 0.588. The van der Waals surface area contributed by atoms with Gasteiger partial charge >= 0.3 is 0 Å². The van der Waals surface area contributed by atoms with E-state index in [0.717, 1.165) is 39.3 Å². The summed E-state index contributed by atoms with van der Waals surface area (Å²) >= 11 is 0. The highest BCUT2D eigenvalue weighted by molar-refractivity contribution is 6.16. The van der Waals surface area contributed by atoms with Crippen molar-refractivity contribution in [2.75, 3.05) is 0 Å². The molecule has 4 heterocycles. The van der Waals surface area contributed by atoms with Gasteiger partial charge in [0.05, 0.1) is 27.8 Å². The number of fused-ring (bicyclic) bond motifs is 6. The highest BCUT2D eigenvalue weighted by atomic mass is 15.1. The van der Waals surface area contributed by atoms with Gasteiger partial charge in [0, 0.05) is 45.2 Å². The summed E-state index contributed by atoms with van der Waals surface area (Å²) in [6.45, 7) is 6.77. The largest absolute Gasteiger partial charge is 0.309 e. The first-order valence-corrected chi connectivity index (χ1v) is 16.5. The number of nitrogens with zero attached hydrogens (tertiary/aromatic N) is 4. The average molecular weight is 619 g/mol. The molecule has 4 heteroatoms. The lowest BCUT2D eigenvalue weighted by Crippen LogP contribution is -2.12. The summed E-state index contributed by atoms with van der Waals surface area (Å²) in [4.78, 5) is 9.65. The first kappa shape index (κ1) is 28.2. The van der Waals surface area contributed by atoms with Crippen LogP contribution in [0.4, 0.5) is 0 Å². The Hall–Kier alpha value is -6.00. The van der Waals surface area contributed by atoms with E-state index in [2.05, 4.69) is 162 Å². The third-order valence-corrected chi connectivity index (χ3v) is 9.59. The van der Waals surface area contributed by atoms with Crippen LogP contribution in [0.1, 0.15) is 26.3 Å². The number of benzene rings is 5. The van der Waals surface area contributed by atoms with Gasteiger partial charge in [0.15, 0.2) is 0 Å². The molecule has 0 bridgehead atoms. The molecule has 4 aromatic heterocycles. The maximum Gasteiger partial charge on any atom is 0.137 e. The van der Waals surface area contributed by atoms with Crippen molar-refractivity contribution in [1.29, 1.82) is 0 Å². The second-order valence-corrected chi connectivity index (χ2v) is 13.6. The van der Waals surface area contributed by atoms with Gasteiger partial charge in [-0.25, -0.2) is 4.98 Å². The summed E-state index contributed by atoms with van der Waals surface area (Å²) in [5.74, 6) is 0.921. The van der Waals surface area contributed by atoms with Gasteiger partial charge < -0.3 is 4.57 Å². The van der Waals surface area contributed by atoms with Gasteiger partial charge in [-0.1, -0.05) is 106 Å². The van der Waals surface area contributed by atoms with Crippen LogP contribution in [0.15, 0.2) is 152 Å². The number of rotatable bonds is 4. The fourth-order valence-electron chi connectivity index (χ4n) is 7.25. The quantitative estimate of drug-likeness (QED) is 0.197. The molecule has 0 spiro atoms. The van der Waals surface area contributed by atoms with Crippen molar-refractivity contribution in [3.05, 3.63) is 157 Å². The molecule has 0 fully saturated rings. The molecule has 0 unspecified atom stereocenters. The highest BCUT2D eigenvalue weighted by Gasteiger charge is 2.21. The fraction of sp³-hybridized carbons (Fsp3) is 0.0909. The Balaban J connectivity index is 1.37. The van der Waals surface area contributed by atoms with Crippen LogP contribution >= 0.6 is 0 Å². The van der Waals surface area contributed by atoms with Crippen LogP contribution in [-0.4, -0.2) is 19.1 Å². The first-order valence-electron chi connectivity index (χ1n) is 16.5. The zero-order chi connectivity index (χ0) is 32.4. The Morgan fingerprint density at radius 3 is 2.06 bits per heavy atom. The number of hydrogen-bond donors (Lipinski definition) is 0. The Labute approximate surface area is 279 Å². The van der Waals surface area contributed by atoms with E-state index >= 15 is 0 Å². The van der Waals surface area contributed by atoms with Crippen molar-refractivity contribution in [3.8, 4) is 33.9 Å². The molecule has 0 aliphatic carbocycles. The number of pyridine rings is 2.